The van der Waals surface area contributed by atoms with Gasteiger partial charge in [0.1, 0.15) is 0 Å². The van der Waals surface area contributed by atoms with E-state index in [1.807, 2.05) is 37.0 Å². The van der Waals surface area contributed by atoms with Gasteiger partial charge in [-0.25, -0.2) is 0 Å². The second kappa shape index (κ2) is 6.65. The highest BCUT2D eigenvalue weighted by Gasteiger charge is 2.38. The molecule has 25 heavy (non-hydrogen) atoms. The van der Waals surface area contributed by atoms with E-state index in [-0.39, 0.29) is 11.8 Å². The van der Waals surface area contributed by atoms with Crippen molar-refractivity contribution in [2.24, 2.45) is 0 Å². The van der Waals surface area contributed by atoms with Gasteiger partial charge in [0.2, 0.25) is 5.91 Å². The van der Waals surface area contributed by atoms with Crippen LogP contribution < -0.4 is 10.2 Å². The molecule has 1 fully saturated rings. The molecule has 136 valence electrons. The quantitative estimate of drug-likeness (QED) is 0.838. The number of hydrogen-bond acceptors (Lipinski definition) is 5. The summed E-state index contributed by atoms with van der Waals surface area (Å²) in [5.41, 5.74) is 1.24. The Kier molecular flexibility index (Phi) is 4.71. The van der Waals surface area contributed by atoms with Crippen LogP contribution in [0.1, 0.15) is 23.2 Å². The molecule has 0 radical (unpaired) electrons. The maximum Gasteiger partial charge on any atom is 0.254 e. The average molecular weight is 346 g/mol. The van der Waals surface area contributed by atoms with Crippen molar-refractivity contribution in [1.29, 1.82) is 0 Å². The summed E-state index contributed by atoms with van der Waals surface area (Å²) in [5, 5.41) is 13.5. The lowest BCUT2D eigenvalue weighted by molar-refractivity contribution is -0.115. The minimum atomic E-state index is -0.862. The molecule has 7 heteroatoms. The molecule has 3 rings (SSSR count). The number of carbonyl (C=O) groups is 2. The maximum atomic E-state index is 12.8. The zero-order valence-corrected chi connectivity index (χ0v) is 15.1. The molecule has 0 bridgehead atoms. The lowest BCUT2D eigenvalue weighted by Crippen LogP contribution is -2.43. The third-order valence-corrected chi connectivity index (χ3v) is 4.83. The number of nitrogens with one attached hydrogen (secondary N) is 1. The van der Waals surface area contributed by atoms with Crippen LogP contribution in [0, 0.1) is 0 Å². The van der Waals surface area contributed by atoms with Gasteiger partial charge in [-0.2, -0.15) is 0 Å². The van der Waals surface area contributed by atoms with Crippen molar-refractivity contribution in [3.63, 3.8) is 0 Å². The summed E-state index contributed by atoms with van der Waals surface area (Å²) in [4.78, 5) is 30.3. The number of fused-ring (bicyclic) bond motifs is 1. The number of likely N-dealkylation sites (tertiary alicyclic amines) is 1. The van der Waals surface area contributed by atoms with Gasteiger partial charge in [0.15, 0.2) is 0 Å². The Morgan fingerprint density at radius 1 is 1.36 bits per heavy atom. The van der Waals surface area contributed by atoms with E-state index in [4.69, 9.17) is 0 Å². The van der Waals surface area contributed by atoms with Gasteiger partial charge in [-0.3, -0.25) is 9.59 Å². The molecule has 1 atom stereocenters. The van der Waals surface area contributed by atoms with Crippen LogP contribution in [0.15, 0.2) is 18.2 Å². The fourth-order valence-corrected chi connectivity index (χ4v) is 3.63. The molecule has 1 unspecified atom stereocenters. The van der Waals surface area contributed by atoms with Gasteiger partial charge < -0.3 is 25.1 Å². The number of nitrogens with zero attached hydrogens (tertiary/aromatic N) is 3. The lowest BCUT2D eigenvalue weighted by atomic mass is 10.0. The molecular formula is C18H26N4O3. The highest BCUT2D eigenvalue weighted by Crippen LogP contribution is 2.30. The zero-order valence-electron chi connectivity index (χ0n) is 15.1. The average Bonchev–Trinajstić information content (AvgIpc) is 2.85. The second-order valence-electron chi connectivity index (χ2n) is 7.39. The highest BCUT2D eigenvalue weighted by atomic mass is 16.3. The molecule has 0 spiro atoms. The third-order valence-electron chi connectivity index (χ3n) is 4.83. The molecule has 2 aliphatic heterocycles. The summed E-state index contributed by atoms with van der Waals surface area (Å²) in [5.74, 6) is -0.157. The van der Waals surface area contributed by atoms with Crippen molar-refractivity contribution < 1.29 is 14.7 Å². The monoisotopic (exact) mass is 346 g/mol. The van der Waals surface area contributed by atoms with Crippen molar-refractivity contribution in [2.45, 2.75) is 18.4 Å². The molecule has 2 N–H and O–H groups in total. The number of anilines is 2. The van der Waals surface area contributed by atoms with Crippen LogP contribution in [0.2, 0.25) is 0 Å². The normalized spacial score (nSPS) is 23.5. The van der Waals surface area contributed by atoms with Crippen molar-refractivity contribution in [3.8, 4) is 0 Å². The van der Waals surface area contributed by atoms with Gasteiger partial charge in [-0.05, 0) is 38.7 Å². The highest BCUT2D eigenvalue weighted by molar-refractivity contribution is 6.01. The van der Waals surface area contributed by atoms with Gasteiger partial charge in [0, 0.05) is 38.7 Å². The Morgan fingerprint density at radius 3 is 2.84 bits per heavy atom. The standard InChI is InChI=1S/C18H26N4O3/c1-20(2)11-18(25)7-9-22(12-18)17(24)13-4-5-15-14(10-13)19-16(23)6-8-21(15)3/h4-5,10,25H,6-9,11-12H2,1-3H3,(H,19,23). The predicted molar refractivity (Wildman–Crippen MR) is 97.0 cm³/mol. The van der Waals surface area contributed by atoms with Crippen LogP contribution in [-0.4, -0.2) is 79.6 Å². The number of amides is 2. The molecule has 0 saturated carbocycles. The van der Waals surface area contributed by atoms with Gasteiger partial charge in [-0.15, -0.1) is 0 Å². The summed E-state index contributed by atoms with van der Waals surface area (Å²) >= 11 is 0. The number of benzene rings is 1. The van der Waals surface area contributed by atoms with E-state index in [2.05, 4.69) is 5.32 Å². The molecule has 1 saturated heterocycles. The lowest BCUT2D eigenvalue weighted by Gasteiger charge is -2.26. The molecule has 1 aromatic carbocycles. The van der Waals surface area contributed by atoms with E-state index in [9.17, 15) is 14.7 Å². The first-order valence-corrected chi connectivity index (χ1v) is 8.59. The van der Waals surface area contributed by atoms with E-state index in [0.29, 0.717) is 50.3 Å². The zero-order chi connectivity index (χ0) is 18.2. The van der Waals surface area contributed by atoms with Crippen LogP contribution in [0.25, 0.3) is 0 Å². The Labute approximate surface area is 148 Å². The van der Waals surface area contributed by atoms with Gasteiger partial charge in [-0.1, -0.05) is 0 Å². The topological polar surface area (TPSA) is 76.1 Å². The first-order chi connectivity index (χ1) is 11.8. The first kappa shape index (κ1) is 17.7. The second-order valence-corrected chi connectivity index (χ2v) is 7.39. The van der Waals surface area contributed by atoms with Gasteiger partial charge >= 0.3 is 0 Å². The van der Waals surface area contributed by atoms with Gasteiger partial charge in [0.25, 0.3) is 5.91 Å². The predicted octanol–water partition coefficient (Wildman–Crippen LogP) is 0.604. The van der Waals surface area contributed by atoms with Crippen LogP contribution in [0.3, 0.4) is 0 Å². The maximum absolute atomic E-state index is 12.8. The summed E-state index contributed by atoms with van der Waals surface area (Å²) in [7, 11) is 5.75. The summed E-state index contributed by atoms with van der Waals surface area (Å²) < 4.78 is 0. The number of β-amino-alcohol motifs (C(OH)–C–C–N with tert-alkyl or cyclic N) is 1. The molecule has 2 amide bonds. The molecular weight excluding hydrogens is 320 g/mol. The number of rotatable bonds is 3. The van der Waals surface area contributed by atoms with Crippen LogP contribution in [-0.2, 0) is 4.79 Å². The Bertz CT molecular complexity index is 691. The third kappa shape index (κ3) is 3.77. The van der Waals surface area contributed by atoms with Crippen molar-refractivity contribution in [3.05, 3.63) is 23.8 Å². The van der Waals surface area contributed by atoms with Crippen molar-refractivity contribution in [2.75, 3.05) is 57.5 Å². The Hall–Kier alpha value is -2.12. The number of hydrogen-bond donors (Lipinski definition) is 2. The largest absolute Gasteiger partial charge is 0.387 e. The van der Waals surface area contributed by atoms with E-state index >= 15 is 0 Å². The minimum Gasteiger partial charge on any atom is -0.387 e. The molecule has 2 aliphatic rings. The Morgan fingerprint density at radius 2 is 2.12 bits per heavy atom. The number of likely N-dealkylation sites (N-methyl/N-ethyl adjacent to an activating group) is 1. The van der Waals surface area contributed by atoms with Crippen LogP contribution >= 0.6 is 0 Å². The summed E-state index contributed by atoms with van der Waals surface area (Å²) in [6, 6.07) is 5.40. The van der Waals surface area contributed by atoms with Crippen molar-refractivity contribution in [1.82, 2.24) is 9.80 Å². The molecule has 0 aliphatic carbocycles. The molecule has 2 heterocycles. The SMILES string of the molecule is CN(C)CC1(O)CCN(C(=O)c2ccc3c(c2)NC(=O)CCN3C)C1. The summed E-state index contributed by atoms with van der Waals surface area (Å²) in [6.45, 7) is 2.04. The molecule has 1 aromatic rings. The molecule has 7 nitrogen and oxygen atoms in total. The fraction of sp³-hybridized carbons (Fsp3) is 0.556. The first-order valence-electron chi connectivity index (χ1n) is 8.59. The minimum absolute atomic E-state index is 0.0447. The van der Waals surface area contributed by atoms with E-state index in [1.54, 1.807) is 17.0 Å². The fourth-order valence-electron chi connectivity index (χ4n) is 3.63. The van der Waals surface area contributed by atoms with Crippen LogP contribution in [0.5, 0.6) is 0 Å². The smallest absolute Gasteiger partial charge is 0.254 e. The van der Waals surface area contributed by atoms with E-state index in [1.165, 1.54) is 0 Å². The van der Waals surface area contributed by atoms with Crippen LogP contribution in [0.4, 0.5) is 11.4 Å². The molecule has 0 aromatic heterocycles. The summed E-state index contributed by atoms with van der Waals surface area (Å²) in [6.07, 6.45) is 0.999. The van der Waals surface area contributed by atoms with E-state index < -0.39 is 5.60 Å². The number of carbonyl (C=O) groups excluding carboxylic acids is 2. The van der Waals surface area contributed by atoms with E-state index in [0.717, 1.165) is 5.69 Å². The van der Waals surface area contributed by atoms with Crippen molar-refractivity contribution >= 4 is 23.2 Å². The van der Waals surface area contributed by atoms with Gasteiger partial charge in [0.05, 0.1) is 23.5 Å². The number of aliphatic hydroxyl groups is 1. The Balaban J connectivity index is 1.79.